The molecule has 0 aromatic heterocycles. The van der Waals surface area contributed by atoms with Crippen LogP contribution in [0.25, 0.3) is 6.08 Å². The molecule has 0 spiro atoms. The first-order valence-electron chi connectivity index (χ1n) is 11.0. The van der Waals surface area contributed by atoms with Crippen LogP contribution in [0, 0.1) is 21.0 Å². The lowest BCUT2D eigenvalue weighted by molar-refractivity contribution is -0.127. The molecule has 1 fully saturated rings. The molecule has 13 heteroatoms. The van der Waals surface area contributed by atoms with Crippen LogP contribution in [0.15, 0.2) is 53.4 Å². The Morgan fingerprint density at radius 1 is 1.10 bits per heavy atom. The van der Waals surface area contributed by atoms with Crippen molar-refractivity contribution in [3.63, 3.8) is 0 Å². The molecular formula is C26H17ClF3IN2O5S. The highest BCUT2D eigenvalue weighted by atomic mass is 127. The Labute approximate surface area is 243 Å². The molecule has 1 saturated heterocycles. The van der Waals surface area contributed by atoms with Crippen molar-refractivity contribution in [3.05, 3.63) is 90.6 Å². The SMILES string of the molecule is COc1cc(/C=C2/SC(=O)N(CC(=O)Nc3ccc(F)c(F)c3F)C2=O)cc(I)c1OCc1ccc(Cl)cc1. The lowest BCUT2D eigenvalue weighted by Crippen LogP contribution is -2.36. The Hall–Kier alpha value is -3.23. The number of thioether (sulfide) groups is 1. The molecule has 39 heavy (non-hydrogen) atoms. The molecule has 0 unspecified atom stereocenters. The number of hydrogen-bond donors (Lipinski definition) is 1. The lowest BCUT2D eigenvalue weighted by atomic mass is 10.1. The van der Waals surface area contributed by atoms with Gasteiger partial charge in [-0.2, -0.15) is 0 Å². The van der Waals surface area contributed by atoms with Crippen LogP contribution in [0.4, 0.5) is 23.7 Å². The number of methoxy groups -OCH3 is 1. The average Bonchev–Trinajstić information content (AvgIpc) is 3.16. The quantitative estimate of drug-likeness (QED) is 0.163. The van der Waals surface area contributed by atoms with Gasteiger partial charge in [-0.3, -0.25) is 19.3 Å². The minimum Gasteiger partial charge on any atom is -0.493 e. The zero-order valence-electron chi connectivity index (χ0n) is 19.9. The summed E-state index contributed by atoms with van der Waals surface area (Å²) in [5, 5.41) is 1.92. The number of halogens is 5. The van der Waals surface area contributed by atoms with Crippen molar-refractivity contribution in [2.75, 3.05) is 19.0 Å². The van der Waals surface area contributed by atoms with E-state index < -0.39 is 46.7 Å². The zero-order chi connectivity index (χ0) is 28.3. The molecule has 3 amide bonds. The second-order valence-electron chi connectivity index (χ2n) is 7.99. The number of benzene rings is 3. The second kappa shape index (κ2) is 12.3. The van der Waals surface area contributed by atoms with Crippen molar-refractivity contribution in [3.8, 4) is 11.5 Å². The van der Waals surface area contributed by atoms with E-state index in [4.69, 9.17) is 21.1 Å². The number of ether oxygens (including phenoxy) is 2. The van der Waals surface area contributed by atoms with Crippen molar-refractivity contribution in [2.24, 2.45) is 0 Å². The number of nitrogens with zero attached hydrogens (tertiary/aromatic N) is 1. The molecule has 1 aliphatic rings. The van der Waals surface area contributed by atoms with Gasteiger partial charge in [0.15, 0.2) is 29.0 Å². The van der Waals surface area contributed by atoms with Crippen LogP contribution in [0.5, 0.6) is 11.5 Å². The third-order valence-corrected chi connectivity index (χ3v) is 7.29. The predicted octanol–water partition coefficient (Wildman–Crippen LogP) is 6.62. The number of imide groups is 1. The summed E-state index contributed by atoms with van der Waals surface area (Å²) in [6.45, 7) is -0.489. The zero-order valence-corrected chi connectivity index (χ0v) is 23.6. The molecule has 0 atom stereocenters. The van der Waals surface area contributed by atoms with Gasteiger partial charge >= 0.3 is 0 Å². The molecular weight excluding hydrogens is 672 g/mol. The molecule has 0 bridgehead atoms. The minimum absolute atomic E-state index is 0.0412. The van der Waals surface area contributed by atoms with Gasteiger partial charge in [0.05, 0.1) is 21.3 Å². The summed E-state index contributed by atoms with van der Waals surface area (Å²) in [5.41, 5.74) is 0.807. The van der Waals surface area contributed by atoms with Gasteiger partial charge in [0.1, 0.15) is 13.2 Å². The van der Waals surface area contributed by atoms with E-state index in [0.29, 0.717) is 48.4 Å². The maximum Gasteiger partial charge on any atom is 0.294 e. The van der Waals surface area contributed by atoms with E-state index in [0.717, 1.165) is 11.6 Å². The molecule has 1 aliphatic heterocycles. The van der Waals surface area contributed by atoms with Gasteiger partial charge in [0.2, 0.25) is 5.91 Å². The highest BCUT2D eigenvalue weighted by Gasteiger charge is 2.36. The highest BCUT2D eigenvalue weighted by molar-refractivity contribution is 14.1. The summed E-state index contributed by atoms with van der Waals surface area (Å²) in [4.78, 5) is 38.3. The molecule has 7 nitrogen and oxygen atoms in total. The number of carbonyl (C=O) groups is 3. The third-order valence-electron chi connectivity index (χ3n) is 5.33. The Morgan fingerprint density at radius 2 is 1.82 bits per heavy atom. The summed E-state index contributed by atoms with van der Waals surface area (Å²) >= 11 is 8.59. The molecule has 0 radical (unpaired) electrons. The fraction of sp³-hybridized carbons (Fsp3) is 0.115. The monoisotopic (exact) mass is 688 g/mol. The Kier molecular flexibility index (Phi) is 9.08. The first-order chi connectivity index (χ1) is 18.6. The van der Waals surface area contributed by atoms with Crippen LogP contribution in [0.2, 0.25) is 5.02 Å². The molecule has 3 aromatic carbocycles. The summed E-state index contributed by atoms with van der Waals surface area (Å²) in [7, 11) is 1.46. The normalized spacial score (nSPS) is 14.2. The summed E-state index contributed by atoms with van der Waals surface area (Å²) < 4.78 is 52.5. The van der Waals surface area contributed by atoms with Gasteiger partial charge < -0.3 is 14.8 Å². The van der Waals surface area contributed by atoms with Crippen molar-refractivity contribution in [1.29, 1.82) is 0 Å². The number of amides is 3. The number of nitrogens with one attached hydrogen (secondary N) is 1. The first kappa shape index (κ1) is 28.8. The van der Waals surface area contributed by atoms with E-state index in [1.165, 1.54) is 13.2 Å². The first-order valence-corrected chi connectivity index (χ1v) is 13.3. The number of hydrogen-bond acceptors (Lipinski definition) is 6. The molecule has 1 heterocycles. The number of carbonyl (C=O) groups excluding carboxylic acids is 3. The summed E-state index contributed by atoms with van der Waals surface area (Å²) in [6.07, 6.45) is 1.46. The molecule has 0 saturated carbocycles. The van der Waals surface area contributed by atoms with Crippen molar-refractivity contribution in [1.82, 2.24) is 4.90 Å². The maximum atomic E-state index is 13.9. The lowest BCUT2D eigenvalue weighted by Gasteiger charge is -2.14. The van der Waals surface area contributed by atoms with Gasteiger partial charge in [0, 0.05) is 5.02 Å². The second-order valence-corrected chi connectivity index (χ2v) is 10.6. The topological polar surface area (TPSA) is 84.9 Å². The maximum absolute atomic E-state index is 13.9. The predicted molar refractivity (Wildman–Crippen MR) is 149 cm³/mol. The smallest absolute Gasteiger partial charge is 0.294 e. The molecule has 1 N–H and O–H groups in total. The van der Waals surface area contributed by atoms with Crippen molar-refractivity contribution in [2.45, 2.75) is 6.61 Å². The van der Waals surface area contributed by atoms with E-state index in [2.05, 4.69) is 22.6 Å². The fourth-order valence-electron chi connectivity index (χ4n) is 3.44. The standard InChI is InChI=1S/C26H17ClF3IN2O5S/c1-37-19-9-14(8-17(31)24(19)38-12-13-2-4-15(27)5-3-13)10-20-25(35)33(26(36)39-20)11-21(34)32-18-7-6-16(28)22(29)23(18)30/h2-10H,11-12H2,1H3,(H,32,34)/b20-10+. The van der Waals surface area contributed by atoms with Gasteiger partial charge in [-0.05, 0) is 88.0 Å². The largest absolute Gasteiger partial charge is 0.493 e. The third kappa shape index (κ3) is 6.68. The summed E-state index contributed by atoms with van der Waals surface area (Å²) in [5.74, 6) is -5.61. The molecule has 3 aromatic rings. The molecule has 4 rings (SSSR count). The van der Waals surface area contributed by atoms with Crippen LogP contribution < -0.4 is 14.8 Å². The van der Waals surface area contributed by atoms with Crippen LogP contribution in [-0.4, -0.2) is 35.6 Å². The Bertz CT molecular complexity index is 1500. The van der Waals surface area contributed by atoms with Gasteiger partial charge in [-0.1, -0.05) is 23.7 Å². The minimum atomic E-state index is -1.76. The van der Waals surface area contributed by atoms with Crippen LogP contribution in [0.1, 0.15) is 11.1 Å². The fourth-order valence-corrected chi connectivity index (χ4v) is 5.19. The Balaban J connectivity index is 1.47. The van der Waals surface area contributed by atoms with Gasteiger partial charge in [0.25, 0.3) is 11.1 Å². The van der Waals surface area contributed by atoms with E-state index in [-0.39, 0.29) is 11.5 Å². The van der Waals surface area contributed by atoms with Crippen molar-refractivity contribution >= 4 is 74.8 Å². The highest BCUT2D eigenvalue weighted by Crippen LogP contribution is 2.37. The average molecular weight is 689 g/mol. The van der Waals surface area contributed by atoms with Gasteiger partial charge in [-0.15, -0.1) is 0 Å². The van der Waals surface area contributed by atoms with E-state index >= 15 is 0 Å². The number of anilines is 1. The van der Waals surface area contributed by atoms with E-state index in [9.17, 15) is 27.6 Å². The molecule has 202 valence electrons. The van der Waals surface area contributed by atoms with E-state index in [1.54, 1.807) is 24.3 Å². The van der Waals surface area contributed by atoms with Crippen LogP contribution in [0.3, 0.4) is 0 Å². The van der Waals surface area contributed by atoms with Crippen molar-refractivity contribution < 1.29 is 37.0 Å². The van der Waals surface area contributed by atoms with Gasteiger partial charge in [-0.25, -0.2) is 13.2 Å². The summed E-state index contributed by atoms with van der Waals surface area (Å²) in [6, 6.07) is 12.0. The van der Waals surface area contributed by atoms with Crippen LogP contribution in [-0.2, 0) is 16.2 Å². The number of rotatable bonds is 8. The van der Waals surface area contributed by atoms with Crippen LogP contribution >= 0.6 is 46.0 Å². The van der Waals surface area contributed by atoms with E-state index in [1.807, 2.05) is 17.4 Å². The Morgan fingerprint density at radius 3 is 2.51 bits per heavy atom. The molecule has 0 aliphatic carbocycles.